The fraction of sp³-hybridized carbons (Fsp3) is 0.750. The van der Waals surface area contributed by atoms with Crippen molar-refractivity contribution in [2.45, 2.75) is 62.9 Å². The number of imidazole rings is 1. The minimum Gasteiger partial charge on any atom is -0.426 e. The SMILES string of the molecule is CC1(NC(=O)c2cn3c(n2)CN(C2COC2)CC3)CCN(C(=O)OC(C(F)(F)F)C(F)(F)F)CC1. The van der Waals surface area contributed by atoms with Crippen LogP contribution in [0.25, 0.3) is 0 Å². The van der Waals surface area contributed by atoms with Crippen molar-refractivity contribution in [1.29, 1.82) is 0 Å². The van der Waals surface area contributed by atoms with Gasteiger partial charge in [0.25, 0.3) is 12.0 Å². The van der Waals surface area contributed by atoms with Gasteiger partial charge in [0.1, 0.15) is 11.5 Å². The third-order valence-electron chi connectivity index (χ3n) is 6.56. The lowest BCUT2D eigenvalue weighted by molar-refractivity contribution is -0.308. The van der Waals surface area contributed by atoms with Gasteiger partial charge in [-0.05, 0) is 19.8 Å². The Labute approximate surface area is 196 Å². The monoisotopic (exact) mass is 513 g/mol. The van der Waals surface area contributed by atoms with E-state index in [0.29, 0.717) is 32.3 Å². The van der Waals surface area contributed by atoms with Crippen LogP contribution in [0.4, 0.5) is 31.1 Å². The van der Waals surface area contributed by atoms with Crippen LogP contribution in [0.5, 0.6) is 0 Å². The Morgan fingerprint density at radius 1 is 1.11 bits per heavy atom. The number of piperidine rings is 1. The molecule has 0 atom stereocenters. The molecule has 2 fully saturated rings. The Hall–Kier alpha value is -2.55. The molecule has 2 saturated heterocycles. The van der Waals surface area contributed by atoms with E-state index >= 15 is 0 Å². The maximum Gasteiger partial charge on any atom is 0.434 e. The first kappa shape index (κ1) is 25.5. The van der Waals surface area contributed by atoms with Gasteiger partial charge in [-0.1, -0.05) is 0 Å². The van der Waals surface area contributed by atoms with Crippen LogP contribution < -0.4 is 5.32 Å². The van der Waals surface area contributed by atoms with Gasteiger partial charge in [-0.25, -0.2) is 9.78 Å². The largest absolute Gasteiger partial charge is 0.434 e. The predicted octanol–water partition coefficient (Wildman–Crippen LogP) is 2.31. The number of hydrogen-bond acceptors (Lipinski definition) is 6. The molecule has 0 aliphatic carbocycles. The number of nitrogens with one attached hydrogen (secondary N) is 1. The lowest BCUT2D eigenvalue weighted by Gasteiger charge is -2.39. The normalized spacial score (nSPS) is 21.4. The first-order chi connectivity index (χ1) is 16.2. The van der Waals surface area contributed by atoms with E-state index in [1.54, 1.807) is 13.1 Å². The summed E-state index contributed by atoms with van der Waals surface area (Å²) in [6, 6.07) is 0.344. The van der Waals surface area contributed by atoms with Crippen molar-refractivity contribution in [3.63, 3.8) is 0 Å². The van der Waals surface area contributed by atoms with E-state index in [9.17, 15) is 35.9 Å². The number of aromatic nitrogens is 2. The molecule has 3 aliphatic heterocycles. The van der Waals surface area contributed by atoms with Gasteiger partial charge in [0.2, 0.25) is 0 Å². The maximum atomic E-state index is 12.8. The molecule has 0 saturated carbocycles. The van der Waals surface area contributed by atoms with E-state index < -0.39 is 36.0 Å². The number of alkyl halides is 6. The molecule has 0 aromatic carbocycles. The number of fused-ring (bicyclic) bond motifs is 1. The Morgan fingerprint density at radius 2 is 1.74 bits per heavy atom. The van der Waals surface area contributed by atoms with Gasteiger partial charge < -0.3 is 24.3 Å². The molecule has 1 N–H and O–H groups in total. The molecule has 0 bridgehead atoms. The van der Waals surface area contributed by atoms with Gasteiger partial charge in [-0.15, -0.1) is 0 Å². The van der Waals surface area contributed by atoms with Crippen LogP contribution in [0.15, 0.2) is 6.20 Å². The summed E-state index contributed by atoms with van der Waals surface area (Å²) in [6.07, 6.45) is -15.6. The fourth-order valence-electron chi connectivity index (χ4n) is 4.27. The molecule has 0 spiro atoms. The average molecular weight is 513 g/mol. The predicted molar refractivity (Wildman–Crippen MR) is 106 cm³/mol. The Balaban J connectivity index is 1.31. The van der Waals surface area contributed by atoms with E-state index in [1.807, 2.05) is 4.57 Å². The number of carbonyl (C=O) groups excluding carboxylic acids is 2. The lowest BCUT2D eigenvalue weighted by atomic mass is 9.89. The van der Waals surface area contributed by atoms with Crippen molar-refractivity contribution in [3.05, 3.63) is 17.7 Å². The number of nitrogens with zero attached hydrogens (tertiary/aromatic N) is 4. The van der Waals surface area contributed by atoms with Crippen LogP contribution in [0.3, 0.4) is 0 Å². The van der Waals surface area contributed by atoms with Crippen LogP contribution in [-0.2, 0) is 22.6 Å². The van der Waals surface area contributed by atoms with Crippen molar-refractivity contribution in [1.82, 2.24) is 24.7 Å². The lowest BCUT2D eigenvalue weighted by Crippen LogP contribution is -2.55. The van der Waals surface area contributed by atoms with Gasteiger partial charge in [-0.3, -0.25) is 9.69 Å². The summed E-state index contributed by atoms with van der Waals surface area (Å²) in [5.74, 6) is 0.304. The average Bonchev–Trinajstić information content (AvgIpc) is 3.13. The molecule has 4 heterocycles. The van der Waals surface area contributed by atoms with E-state index in [4.69, 9.17) is 4.74 Å². The number of ether oxygens (including phenoxy) is 2. The molecule has 1 aromatic heterocycles. The molecule has 35 heavy (non-hydrogen) atoms. The van der Waals surface area contributed by atoms with Crippen molar-refractivity contribution in [3.8, 4) is 0 Å². The molecule has 2 amide bonds. The molecule has 1 aromatic rings. The highest BCUT2D eigenvalue weighted by molar-refractivity contribution is 5.92. The van der Waals surface area contributed by atoms with Gasteiger partial charge in [-0.2, -0.15) is 26.3 Å². The molecule has 0 unspecified atom stereocenters. The number of halogens is 6. The maximum absolute atomic E-state index is 12.8. The molecule has 3 aliphatic rings. The van der Waals surface area contributed by atoms with Crippen LogP contribution in [0.2, 0.25) is 0 Å². The van der Waals surface area contributed by atoms with Crippen LogP contribution in [0, 0.1) is 0 Å². The number of amides is 2. The zero-order valence-electron chi connectivity index (χ0n) is 18.8. The van der Waals surface area contributed by atoms with Crippen LogP contribution in [-0.4, -0.2) is 94.2 Å². The Morgan fingerprint density at radius 3 is 2.29 bits per heavy atom. The standard InChI is InChI=1S/C20H25F6N5O4/c1-18(2-4-29(5-3-18)17(33)35-16(19(21,22)23)20(24,25)26)28-15(32)13-8-31-7-6-30(9-14(31)27-13)12-10-34-11-12/h8,12,16H,2-7,9-11H2,1H3,(H,28,32). The fourth-order valence-corrected chi connectivity index (χ4v) is 4.27. The van der Waals surface area contributed by atoms with Gasteiger partial charge in [0.15, 0.2) is 0 Å². The van der Waals surface area contributed by atoms with Gasteiger partial charge in [0, 0.05) is 37.9 Å². The minimum atomic E-state index is -5.78. The highest BCUT2D eigenvalue weighted by Gasteiger charge is 2.60. The zero-order valence-corrected chi connectivity index (χ0v) is 18.8. The first-order valence-electron chi connectivity index (χ1n) is 11.0. The molecule has 4 rings (SSSR count). The van der Waals surface area contributed by atoms with Crippen molar-refractivity contribution in [2.24, 2.45) is 0 Å². The summed E-state index contributed by atoms with van der Waals surface area (Å²) in [5.41, 5.74) is -0.617. The summed E-state index contributed by atoms with van der Waals surface area (Å²) in [7, 11) is 0. The number of hydrogen-bond donors (Lipinski definition) is 1. The van der Waals surface area contributed by atoms with Crippen molar-refractivity contribution in [2.75, 3.05) is 32.8 Å². The van der Waals surface area contributed by atoms with Crippen LogP contribution in [0.1, 0.15) is 36.1 Å². The molecule has 196 valence electrons. The van der Waals surface area contributed by atoms with Gasteiger partial charge >= 0.3 is 18.4 Å². The smallest absolute Gasteiger partial charge is 0.426 e. The van der Waals surface area contributed by atoms with Crippen molar-refractivity contribution >= 4 is 12.0 Å². The summed E-state index contributed by atoms with van der Waals surface area (Å²) in [5, 5.41) is 2.84. The third kappa shape index (κ3) is 5.66. The highest BCUT2D eigenvalue weighted by Crippen LogP contribution is 2.36. The van der Waals surface area contributed by atoms with E-state index in [-0.39, 0.29) is 31.6 Å². The first-order valence-corrected chi connectivity index (χ1v) is 11.0. The summed E-state index contributed by atoms with van der Waals surface area (Å²) < 4.78 is 86.8. The second-order valence-electron chi connectivity index (χ2n) is 9.25. The van der Waals surface area contributed by atoms with E-state index in [2.05, 4.69) is 19.9 Å². The van der Waals surface area contributed by atoms with Crippen LogP contribution >= 0.6 is 0 Å². The second-order valence-corrected chi connectivity index (χ2v) is 9.25. The van der Waals surface area contributed by atoms with E-state index in [1.165, 1.54) is 0 Å². The Bertz CT molecular complexity index is 939. The zero-order chi connectivity index (χ0) is 25.6. The quantitative estimate of drug-likeness (QED) is 0.622. The van der Waals surface area contributed by atoms with Crippen molar-refractivity contribution < 1.29 is 45.4 Å². The summed E-state index contributed by atoms with van der Waals surface area (Å²) in [4.78, 5) is 32.2. The summed E-state index contributed by atoms with van der Waals surface area (Å²) >= 11 is 0. The number of likely N-dealkylation sites (tertiary alicyclic amines) is 1. The molecular formula is C20H25F6N5O4. The minimum absolute atomic E-state index is 0.111. The van der Waals surface area contributed by atoms with Gasteiger partial charge in [0.05, 0.1) is 25.8 Å². The highest BCUT2D eigenvalue weighted by atomic mass is 19.4. The second kappa shape index (κ2) is 9.15. The Kier molecular flexibility index (Phi) is 6.68. The topological polar surface area (TPSA) is 88.9 Å². The molecule has 9 nitrogen and oxygen atoms in total. The summed E-state index contributed by atoms with van der Waals surface area (Å²) in [6.45, 7) is 4.74. The molecular weight excluding hydrogens is 488 g/mol. The number of rotatable bonds is 4. The third-order valence-corrected chi connectivity index (χ3v) is 6.56. The van der Waals surface area contributed by atoms with E-state index in [0.717, 1.165) is 17.3 Å². The molecule has 0 radical (unpaired) electrons. The molecule has 15 heteroatoms. The number of carbonyl (C=O) groups is 2.